The van der Waals surface area contributed by atoms with Crippen LogP contribution in [0.1, 0.15) is 21.5 Å². The first kappa shape index (κ1) is 17.7. The van der Waals surface area contributed by atoms with Crippen LogP contribution in [-0.4, -0.2) is 6.29 Å². The van der Waals surface area contributed by atoms with Gasteiger partial charge < -0.3 is 4.74 Å². The van der Waals surface area contributed by atoms with E-state index in [1.165, 1.54) is 12.1 Å². The topological polar surface area (TPSA) is 26.3 Å². The fourth-order valence-corrected chi connectivity index (χ4v) is 2.57. The van der Waals surface area contributed by atoms with Gasteiger partial charge in [-0.15, -0.1) is 0 Å². The summed E-state index contributed by atoms with van der Waals surface area (Å²) < 4.78 is 44.8. The van der Waals surface area contributed by atoms with Crippen LogP contribution in [0.15, 0.2) is 72.8 Å². The van der Waals surface area contributed by atoms with Crippen LogP contribution >= 0.6 is 0 Å². The molecule has 0 aliphatic carbocycles. The Morgan fingerprint density at radius 3 is 2.35 bits per heavy atom. The predicted octanol–water partition coefficient (Wildman–Crippen LogP) is 5.76. The van der Waals surface area contributed by atoms with E-state index in [0.29, 0.717) is 28.7 Å². The van der Waals surface area contributed by atoms with Crippen LogP contribution in [0.25, 0.3) is 11.1 Å². The molecule has 0 saturated carbocycles. The number of rotatable bonds is 5. The molecule has 0 bridgehead atoms. The van der Waals surface area contributed by atoms with Crippen LogP contribution in [0.2, 0.25) is 0 Å². The molecule has 3 aromatic carbocycles. The molecule has 0 unspecified atom stereocenters. The van der Waals surface area contributed by atoms with Gasteiger partial charge in [-0.05, 0) is 41.5 Å². The molecule has 0 saturated heterocycles. The minimum Gasteiger partial charge on any atom is -0.488 e. The van der Waals surface area contributed by atoms with Crippen molar-refractivity contribution in [3.05, 3.63) is 89.5 Å². The summed E-state index contributed by atoms with van der Waals surface area (Å²) in [6.45, 7) is 0.271. The highest BCUT2D eigenvalue weighted by Crippen LogP contribution is 2.36. The molecule has 2 nitrogen and oxygen atoms in total. The lowest BCUT2D eigenvalue weighted by molar-refractivity contribution is -0.137. The van der Waals surface area contributed by atoms with Crippen LogP contribution in [0.3, 0.4) is 0 Å². The summed E-state index contributed by atoms with van der Waals surface area (Å²) in [6, 6.07) is 19.1. The van der Waals surface area contributed by atoms with Crippen LogP contribution in [0.4, 0.5) is 13.2 Å². The van der Waals surface area contributed by atoms with E-state index in [-0.39, 0.29) is 6.61 Å². The third kappa shape index (κ3) is 4.11. The summed E-state index contributed by atoms with van der Waals surface area (Å²) in [5, 5.41) is 0. The molecule has 0 spiro atoms. The molecule has 0 aliphatic heterocycles. The smallest absolute Gasteiger partial charge is 0.416 e. The fourth-order valence-electron chi connectivity index (χ4n) is 2.57. The Labute approximate surface area is 148 Å². The maximum absolute atomic E-state index is 13.0. The maximum atomic E-state index is 13.0. The average molecular weight is 356 g/mol. The van der Waals surface area contributed by atoms with Gasteiger partial charge in [0.2, 0.25) is 0 Å². The lowest BCUT2D eigenvalue weighted by atomic mass is 10.00. The Hall–Kier alpha value is -3.08. The third-order valence-corrected chi connectivity index (χ3v) is 3.88. The second-order valence-electron chi connectivity index (χ2n) is 5.73. The molecule has 3 rings (SSSR count). The average Bonchev–Trinajstić information content (AvgIpc) is 2.66. The highest BCUT2D eigenvalue weighted by atomic mass is 19.4. The molecule has 26 heavy (non-hydrogen) atoms. The molecular formula is C21H15F3O2. The largest absolute Gasteiger partial charge is 0.488 e. The molecule has 0 fully saturated rings. The zero-order valence-electron chi connectivity index (χ0n) is 13.7. The Balaban J connectivity index is 1.98. The van der Waals surface area contributed by atoms with Gasteiger partial charge in [-0.2, -0.15) is 13.2 Å². The quantitative estimate of drug-likeness (QED) is 0.543. The summed E-state index contributed by atoms with van der Waals surface area (Å²) in [5.41, 5.74) is 1.33. The molecule has 0 aliphatic rings. The standard InChI is InChI=1S/C21H15F3O2/c22-21(23,24)18-8-4-7-17(12-18)19-11-16(13-25)9-10-20(19)26-14-15-5-2-1-3-6-15/h1-13H,14H2. The van der Waals surface area contributed by atoms with Crippen molar-refractivity contribution in [1.29, 1.82) is 0 Å². The normalized spacial score (nSPS) is 11.2. The number of halogens is 3. The van der Waals surface area contributed by atoms with E-state index in [9.17, 15) is 18.0 Å². The highest BCUT2D eigenvalue weighted by molar-refractivity contribution is 5.81. The van der Waals surface area contributed by atoms with Crippen molar-refractivity contribution in [2.24, 2.45) is 0 Å². The Kier molecular flexibility index (Phi) is 5.07. The predicted molar refractivity (Wildman–Crippen MR) is 93.0 cm³/mol. The van der Waals surface area contributed by atoms with Gasteiger partial charge in [0, 0.05) is 11.1 Å². The minimum atomic E-state index is -4.44. The van der Waals surface area contributed by atoms with E-state index in [0.717, 1.165) is 17.7 Å². The molecule has 0 amide bonds. The lowest BCUT2D eigenvalue weighted by Gasteiger charge is -2.14. The van der Waals surface area contributed by atoms with Gasteiger partial charge in [-0.1, -0.05) is 42.5 Å². The number of carbonyl (C=O) groups is 1. The van der Waals surface area contributed by atoms with E-state index in [1.54, 1.807) is 18.2 Å². The highest BCUT2D eigenvalue weighted by Gasteiger charge is 2.30. The first-order valence-electron chi connectivity index (χ1n) is 7.91. The molecule has 0 radical (unpaired) electrons. The van der Waals surface area contributed by atoms with E-state index < -0.39 is 11.7 Å². The first-order valence-corrected chi connectivity index (χ1v) is 7.91. The van der Waals surface area contributed by atoms with Crippen LogP contribution in [-0.2, 0) is 12.8 Å². The Morgan fingerprint density at radius 2 is 1.65 bits per heavy atom. The van der Waals surface area contributed by atoms with Gasteiger partial charge in [0.1, 0.15) is 18.6 Å². The number of aldehydes is 1. The maximum Gasteiger partial charge on any atom is 0.416 e. The molecule has 3 aromatic rings. The van der Waals surface area contributed by atoms with Crippen molar-refractivity contribution in [1.82, 2.24) is 0 Å². The minimum absolute atomic E-state index is 0.271. The number of ether oxygens (including phenoxy) is 1. The number of hydrogen-bond donors (Lipinski definition) is 0. The van der Waals surface area contributed by atoms with E-state index in [2.05, 4.69) is 0 Å². The van der Waals surface area contributed by atoms with E-state index >= 15 is 0 Å². The van der Waals surface area contributed by atoms with Crippen molar-refractivity contribution in [2.45, 2.75) is 12.8 Å². The Morgan fingerprint density at radius 1 is 0.885 bits per heavy atom. The van der Waals surface area contributed by atoms with Crippen LogP contribution in [0, 0.1) is 0 Å². The summed E-state index contributed by atoms with van der Waals surface area (Å²) in [7, 11) is 0. The second-order valence-corrected chi connectivity index (χ2v) is 5.73. The molecule has 0 aromatic heterocycles. The van der Waals surface area contributed by atoms with Gasteiger partial charge >= 0.3 is 6.18 Å². The van der Waals surface area contributed by atoms with Crippen molar-refractivity contribution in [2.75, 3.05) is 0 Å². The first-order chi connectivity index (χ1) is 12.5. The molecular weight excluding hydrogens is 341 g/mol. The van der Waals surface area contributed by atoms with E-state index in [1.807, 2.05) is 30.3 Å². The zero-order valence-corrected chi connectivity index (χ0v) is 13.7. The number of carbonyl (C=O) groups excluding carboxylic acids is 1. The van der Waals surface area contributed by atoms with Crippen molar-refractivity contribution in [3.8, 4) is 16.9 Å². The summed E-state index contributed by atoms with van der Waals surface area (Å²) in [6.07, 6.45) is -3.79. The van der Waals surface area contributed by atoms with Crippen molar-refractivity contribution < 1.29 is 22.7 Å². The molecule has 132 valence electrons. The zero-order chi connectivity index (χ0) is 18.6. The second kappa shape index (κ2) is 7.44. The summed E-state index contributed by atoms with van der Waals surface area (Å²) >= 11 is 0. The SMILES string of the molecule is O=Cc1ccc(OCc2ccccc2)c(-c2cccc(C(F)(F)F)c2)c1. The van der Waals surface area contributed by atoms with Gasteiger partial charge in [0.25, 0.3) is 0 Å². The van der Waals surface area contributed by atoms with Gasteiger partial charge in [0.15, 0.2) is 0 Å². The van der Waals surface area contributed by atoms with Crippen LogP contribution in [0.5, 0.6) is 5.75 Å². The van der Waals surface area contributed by atoms with Crippen molar-refractivity contribution >= 4 is 6.29 Å². The lowest BCUT2D eigenvalue weighted by Crippen LogP contribution is -2.04. The van der Waals surface area contributed by atoms with E-state index in [4.69, 9.17) is 4.74 Å². The van der Waals surface area contributed by atoms with Crippen LogP contribution < -0.4 is 4.74 Å². The number of benzene rings is 3. The Bertz CT molecular complexity index is 903. The number of hydrogen-bond acceptors (Lipinski definition) is 2. The fraction of sp³-hybridized carbons (Fsp3) is 0.0952. The van der Waals surface area contributed by atoms with Gasteiger partial charge in [0.05, 0.1) is 5.56 Å². The summed E-state index contributed by atoms with van der Waals surface area (Å²) in [4.78, 5) is 11.1. The summed E-state index contributed by atoms with van der Waals surface area (Å²) in [5.74, 6) is 0.416. The molecule has 0 atom stereocenters. The van der Waals surface area contributed by atoms with Gasteiger partial charge in [-0.25, -0.2) is 0 Å². The molecule has 0 N–H and O–H groups in total. The third-order valence-electron chi connectivity index (χ3n) is 3.88. The monoisotopic (exact) mass is 356 g/mol. The van der Waals surface area contributed by atoms with Gasteiger partial charge in [-0.3, -0.25) is 4.79 Å². The molecule has 5 heteroatoms. The number of alkyl halides is 3. The molecule has 0 heterocycles. The van der Waals surface area contributed by atoms with Crippen molar-refractivity contribution in [3.63, 3.8) is 0 Å².